The van der Waals surface area contributed by atoms with Gasteiger partial charge in [-0.1, -0.05) is 11.6 Å². The summed E-state index contributed by atoms with van der Waals surface area (Å²) in [5, 5.41) is 11.2. The number of ether oxygens (including phenoxy) is 1. The van der Waals surface area contributed by atoms with Crippen LogP contribution in [0.2, 0.25) is 5.02 Å². The number of nitro benzene ring substituents is 1. The molecule has 6 nitrogen and oxygen atoms in total. The lowest BCUT2D eigenvalue weighted by molar-refractivity contribution is -0.384. The molecule has 1 amide bonds. The molecule has 0 fully saturated rings. The second-order valence-corrected chi connectivity index (χ2v) is 5.37. The largest absolute Gasteiger partial charge is 0.443 e. The van der Waals surface area contributed by atoms with Gasteiger partial charge in [-0.2, -0.15) is 0 Å². The molecule has 0 saturated carbocycles. The quantitative estimate of drug-likeness (QED) is 0.615. The molecule has 0 spiro atoms. The van der Waals surface area contributed by atoms with E-state index in [1.54, 1.807) is 20.8 Å². The van der Waals surface area contributed by atoms with Crippen LogP contribution in [0.25, 0.3) is 0 Å². The lowest BCUT2D eigenvalue weighted by Crippen LogP contribution is -2.34. The summed E-state index contributed by atoms with van der Waals surface area (Å²) in [4.78, 5) is 23.3. The molecule has 0 saturated heterocycles. The van der Waals surface area contributed by atoms with Gasteiger partial charge >= 0.3 is 6.09 Å². The molecule has 0 aliphatic heterocycles. The number of anilines is 1. The van der Waals surface area contributed by atoms with E-state index in [0.717, 1.165) is 4.90 Å². The summed E-state index contributed by atoms with van der Waals surface area (Å²) in [6, 6.07) is 4.08. The van der Waals surface area contributed by atoms with Crippen LogP contribution in [0.5, 0.6) is 0 Å². The van der Waals surface area contributed by atoms with Crippen LogP contribution < -0.4 is 4.90 Å². The fourth-order valence-electron chi connectivity index (χ4n) is 1.36. The topological polar surface area (TPSA) is 72.7 Å². The average Bonchev–Trinajstić information content (AvgIpc) is 2.25. The second kappa shape index (κ2) is 5.44. The van der Waals surface area contributed by atoms with Crippen molar-refractivity contribution in [3.8, 4) is 0 Å². The van der Waals surface area contributed by atoms with Crippen LogP contribution in [-0.4, -0.2) is 23.7 Å². The zero-order chi connectivity index (χ0) is 14.8. The van der Waals surface area contributed by atoms with Crippen LogP contribution in [0, 0.1) is 10.1 Å². The van der Waals surface area contributed by atoms with Crippen LogP contribution >= 0.6 is 11.6 Å². The van der Waals surface area contributed by atoms with Crippen molar-refractivity contribution in [2.75, 3.05) is 11.9 Å². The van der Waals surface area contributed by atoms with Crippen LogP contribution in [-0.2, 0) is 4.74 Å². The highest BCUT2D eigenvalue weighted by Gasteiger charge is 2.25. The third-order valence-electron chi connectivity index (χ3n) is 2.16. The highest BCUT2D eigenvalue weighted by atomic mass is 35.5. The number of hydrogen-bond donors (Lipinski definition) is 0. The number of benzene rings is 1. The first-order chi connectivity index (χ1) is 8.61. The molecule has 1 aromatic carbocycles. The highest BCUT2D eigenvalue weighted by Crippen LogP contribution is 2.31. The maximum atomic E-state index is 11.9. The van der Waals surface area contributed by atoms with Crippen molar-refractivity contribution in [1.29, 1.82) is 0 Å². The van der Waals surface area contributed by atoms with Crippen molar-refractivity contribution in [3.05, 3.63) is 33.3 Å². The summed E-state index contributed by atoms with van der Waals surface area (Å²) in [5.74, 6) is 0. The van der Waals surface area contributed by atoms with Gasteiger partial charge in [-0.25, -0.2) is 4.79 Å². The summed E-state index contributed by atoms with van der Waals surface area (Å²) < 4.78 is 5.15. The lowest BCUT2D eigenvalue weighted by Gasteiger charge is -2.24. The minimum atomic E-state index is -0.674. The van der Waals surface area contributed by atoms with E-state index >= 15 is 0 Å². The predicted octanol–water partition coefficient (Wildman–Crippen LogP) is 3.62. The molecular formula is C12H15ClN2O4. The molecule has 0 aliphatic rings. The van der Waals surface area contributed by atoms with E-state index in [0.29, 0.717) is 0 Å². The van der Waals surface area contributed by atoms with E-state index in [1.807, 2.05) is 0 Å². The van der Waals surface area contributed by atoms with Gasteiger partial charge < -0.3 is 4.74 Å². The molecule has 104 valence electrons. The zero-order valence-corrected chi connectivity index (χ0v) is 11.9. The van der Waals surface area contributed by atoms with E-state index in [9.17, 15) is 14.9 Å². The molecule has 0 aliphatic carbocycles. The first-order valence-corrected chi connectivity index (χ1v) is 5.90. The number of hydrogen-bond acceptors (Lipinski definition) is 4. The van der Waals surface area contributed by atoms with E-state index in [-0.39, 0.29) is 16.4 Å². The molecule has 19 heavy (non-hydrogen) atoms. The Morgan fingerprint density at radius 2 is 2.00 bits per heavy atom. The van der Waals surface area contributed by atoms with E-state index in [2.05, 4.69) is 0 Å². The average molecular weight is 287 g/mol. The fourth-order valence-corrected chi connectivity index (χ4v) is 1.52. The van der Waals surface area contributed by atoms with E-state index < -0.39 is 16.6 Å². The number of nitro groups is 1. The minimum Gasteiger partial charge on any atom is -0.443 e. The van der Waals surface area contributed by atoms with Gasteiger partial charge in [-0.05, 0) is 32.9 Å². The highest BCUT2D eigenvalue weighted by molar-refractivity contribution is 6.31. The van der Waals surface area contributed by atoms with Crippen LogP contribution in [0.1, 0.15) is 20.8 Å². The smallest absolute Gasteiger partial charge is 0.414 e. The Bertz CT molecular complexity index is 511. The van der Waals surface area contributed by atoms with Crippen LogP contribution in [0.3, 0.4) is 0 Å². The van der Waals surface area contributed by atoms with E-state index in [4.69, 9.17) is 16.3 Å². The molecule has 1 rings (SSSR count). The van der Waals surface area contributed by atoms with Gasteiger partial charge in [0.2, 0.25) is 0 Å². The summed E-state index contributed by atoms with van der Waals surface area (Å²) >= 11 is 5.71. The summed E-state index contributed by atoms with van der Waals surface area (Å²) in [7, 11) is 1.41. The molecule has 1 aromatic rings. The molecule has 0 radical (unpaired) electrons. The van der Waals surface area contributed by atoms with Gasteiger partial charge in [-0.15, -0.1) is 0 Å². The van der Waals surface area contributed by atoms with Gasteiger partial charge in [-0.3, -0.25) is 15.0 Å². The number of carbonyl (C=O) groups excluding carboxylic acids is 1. The molecule has 7 heteroatoms. The molecule has 0 aromatic heterocycles. The maximum Gasteiger partial charge on any atom is 0.414 e. The first kappa shape index (κ1) is 15.2. The fraction of sp³-hybridized carbons (Fsp3) is 0.417. The summed E-state index contributed by atoms with van der Waals surface area (Å²) in [6.45, 7) is 5.15. The Labute approximate surface area is 116 Å². The summed E-state index contributed by atoms with van der Waals surface area (Å²) in [6.07, 6.45) is -0.669. The van der Waals surface area contributed by atoms with Gasteiger partial charge in [0.1, 0.15) is 11.3 Å². The Kier molecular flexibility index (Phi) is 4.36. The molecule has 0 bridgehead atoms. The van der Waals surface area contributed by atoms with Crippen LogP contribution in [0.4, 0.5) is 16.2 Å². The zero-order valence-electron chi connectivity index (χ0n) is 11.1. The molecule has 0 heterocycles. The molecule has 0 atom stereocenters. The van der Waals surface area contributed by atoms with Gasteiger partial charge in [0.15, 0.2) is 0 Å². The van der Waals surface area contributed by atoms with Crippen LogP contribution in [0.15, 0.2) is 18.2 Å². The molecule has 0 N–H and O–H groups in total. The summed E-state index contributed by atoms with van der Waals surface area (Å²) in [5.41, 5.74) is -0.795. The standard InChI is InChI=1S/C12H15ClN2O4/c1-12(2,3)19-11(16)14(4)9-6-5-8(13)7-10(9)15(17)18/h5-7H,1-4H3. The van der Waals surface area contributed by atoms with Crippen molar-refractivity contribution < 1.29 is 14.5 Å². The lowest BCUT2D eigenvalue weighted by atomic mass is 10.2. The number of halogens is 1. The Morgan fingerprint density at radius 3 is 2.47 bits per heavy atom. The van der Waals surface area contributed by atoms with Crippen molar-refractivity contribution in [2.45, 2.75) is 26.4 Å². The SMILES string of the molecule is CN(C(=O)OC(C)(C)C)c1ccc(Cl)cc1[N+](=O)[O-]. The number of rotatable bonds is 2. The Morgan fingerprint density at radius 1 is 1.42 bits per heavy atom. The van der Waals surface area contributed by atoms with Crippen molar-refractivity contribution in [1.82, 2.24) is 0 Å². The van der Waals surface area contributed by atoms with Gasteiger partial charge in [0, 0.05) is 18.1 Å². The predicted molar refractivity (Wildman–Crippen MR) is 72.7 cm³/mol. The van der Waals surface area contributed by atoms with Crippen molar-refractivity contribution in [2.24, 2.45) is 0 Å². The maximum absolute atomic E-state index is 11.9. The Hall–Kier alpha value is -1.82. The molecular weight excluding hydrogens is 272 g/mol. The molecule has 0 unspecified atom stereocenters. The third kappa shape index (κ3) is 4.10. The van der Waals surface area contributed by atoms with Gasteiger partial charge in [0.25, 0.3) is 5.69 Å². The van der Waals surface area contributed by atoms with Gasteiger partial charge in [0.05, 0.1) is 4.92 Å². The minimum absolute atomic E-state index is 0.128. The Balaban J connectivity index is 3.09. The number of carbonyl (C=O) groups is 1. The number of nitrogens with zero attached hydrogens (tertiary/aromatic N) is 2. The monoisotopic (exact) mass is 286 g/mol. The third-order valence-corrected chi connectivity index (χ3v) is 2.40. The van der Waals surface area contributed by atoms with Crippen molar-refractivity contribution >= 4 is 29.1 Å². The number of amides is 1. The normalized spacial score (nSPS) is 11.0. The second-order valence-electron chi connectivity index (χ2n) is 4.93. The first-order valence-electron chi connectivity index (χ1n) is 5.52. The van der Waals surface area contributed by atoms with Crippen molar-refractivity contribution in [3.63, 3.8) is 0 Å². The van der Waals surface area contributed by atoms with E-state index in [1.165, 1.54) is 25.2 Å².